The third-order valence-electron chi connectivity index (χ3n) is 9.08. The summed E-state index contributed by atoms with van der Waals surface area (Å²) in [4.78, 5) is 0. The van der Waals surface area contributed by atoms with E-state index in [2.05, 4.69) is 25.2 Å². The van der Waals surface area contributed by atoms with Crippen LogP contribution < -0.4 is 5.32 Å². The molecule has 0 amide bonds. The Kier molecular flexibility index (Phi) is 3.15. The molecule has 5 rings (SSSR count). The molecule has 0 aromatic carbocycles. The van der Waals surface area contributed by atoms with Crippen LogP contribution in [0.1, 0.15) is 65.2 Å². The topological polar surface area (TPSA) is 42.2 Å². The van der Waals surface area contributed by atoms with Crippen molar-refractivity contribution >= 4 is 0 Å². The Labute approximate surface area is 141 Å². The van der Waals surface area contributed by atoms with Crippen molar-refractivity contribution in [3.63, 3.8) is 0 Å². The number of hydrogen-bond acceptors (Lipinski definition) is 2. The lowest BCUT2D eigenvalue weighted by atomic mass is 9.47. The molecule has 0 aromatic rings. The predicted molar refractivity (Wildman–Crippen MR) is 93.0 cm³/mol. The van der Waals surface area contributed by atoms with Gasteiger partial charge in [-0.15, -0.1) is 0 Å². The molecule has 0 bridgehead atoms. The first kappa shape index (κ1) is 15.0. The summed E-state index contributed by atoms with van der Waals surface area (Å²) in [6.45, 7) is 6.46. The summed E-state index contributed by atoms with van der Waals surface area (Å²) in [6, 6.07) is 0.844. The molecule has 2 N–H and O–H groups in total. The Morgan fingerprint density at radius 3 is 2.61 bits per heavy atom. The number of aliphatic hydroxyl groups excluding tert-OH is 1. The molecule has 128 valence electrons. The summed E-state index contributed by atoms with van der Waals surface area (Å²) in [5, 5.41) is 13.7. The van der Waals surface area contributed by atoms with Crippen LogP contribution in [0.4, 0.5) is 0 Å². The van der Waals surface area contributed by atoms with E-state index in [-0.39, 0.29) is 6.10 Å². The summed E-state index contributed by atoms with van der Waals surface area (Å²) in [6.07, 6.45) is 12.8. The smallest absolute Gasteiger partial charge is 0.0577 e. The average molecular weight is 316 g/mol. The van der Waals surface area contributed by atoms with E-state index >= 15 is 0 Å². The molecular weight excluding hydrogens is 282 g/mol. The maximum atomic E-state index is 10.1. The fourth-order valence-electron chi connectivity index (χ4n) is 7.70. The van der Waals surface area contributed by atoms with Gasteiger partial charge in [0.15, 0.2) is 0 Å². The average Bonchev–Trinajstić information content (AvgIpc) is 3.29. The molecular formula is C21H33NO. The minimum Gasteiger partial charge on any atom is -0.393 e. The van der Waals surface area contributed by atoms with Crippen LogP contribution in [0, 0.1) is 34.5 Å². The van der Waals surface area contributed by atoms with E-state index in [0.29, 0.717) is 10.8 Å². The molecule has 5 aliphatic rings. The van der Waals surface area contributed by atoms with Crippen LogP contribution >= 0.6 is 0 Å². The Bertz CT molecular complexity index is 538. The van der Waals surface area contributed by atoms with Gasteiger partial charge in [-0.2, -0.15) is 0 Å². The van der Waals surface area contributed by atoms with Crippen molar-refractivity contribution in [2.45, 2.75) is 77.4 Å². The first-order valence-electron chi connectivity index (χ1n) is 10.1. The highest BCUT2D eigenvalue weighted by Crippen LogP contribution is 2.66. The van der Waals surface area contributed by atoms with Gasteiger partial charge in [-0.25, -0.2) is 0 Å². The zero-order chi connectivity index (χ0) is 15.8. The number of nitrogens with one attached hydrogen (secondary N) is 1. The fourth-order valence-corrected chi connectivity index (χ4v) is 7.70. The van der Waals surface area contributed by atoms with Crippen molar-refractivity contribution in [2.24, 2.45) is 34.5 Å². The molecule has 0 unspecified atom stereocenters. The van der Waals surface area contributed by atoms with Gasteiger partial charge in [-0.1, -0.05) is 25.5 Å². The third-order valence-corrected chi connectivity index (χ3v) is 9.08. The van der Waals surface area contributed by atoms with Gasteiger partial charge in [-0.05, 0) is 85.9 Å². The number of rotatable bonds is 1. The van der Waals surface area contributed by atoms with Crippen LogP contribution in [0.15, 0.2) is 11.6 Å². The standard InChI is InChI=1S/C21H33NO/c1-20-9-7-14(23)11-13(20)3-4-15-16-5-6-18(19-12-22-19)21(16,2)10-8-17(15)20/h3,14-19,22-23H,4-12H2,1-2H3/t14-,15-,16-,17-,18+,19-,20-,21-/m0/s1. The van der Waals surface area contributed by atoms with Gasteiger partial charge in [0.05, 0.1) is 6.10 Å². The highest BCUT2D eigenvalue weighted by Gasteiger charge is 2.60. The number of hydrogen-bond donors (Lipinski definition) is 2. The normalized spacial score (nSPS) is 58.0. The van der Waals surface area contributed by atoms with E-state index in [1.54, 1.807) is 5.57 Å². The Hall–Kier alpha value is -0.340. The molecule has 8 atom stereocenters. The molecule has 0 radical (unpaired) electrons. The third kappa shape index (κ3) is 2.00. The lowest BCUT2D eigenvalue weighted by Crippen LogP contribution is -2.50. The Morgan fingerprint density at radius 1 is 1.04 bits per heavy atom. The predicted octanol–water partition coefficient (Wildman–Crippen LogP) is 3.90. The molecule has 2 nitrogen and oxygen atoms in total. The van der Waals surface area contributed by atoms with Crippen molar-refractivity contribution in [2.75, 3.05) is 6.54 Å². The maximum Gasteiger partial charge on any atom is 0.0577 e. The van der Waals surface area contributed by atoms with Crippen molar-refractivity contribution in [3.8, 4) is 0 Å². The van der Waals surface area contributed by atoms with E-state index in [1.807, 2.05) is 0 Å². The monoisotopic (exact) mass is 315 g/mol. The van der Waals surface area contributed by atoms with Crippen LogP contribution in [0.5, 0.6) is 0 Å². The largest absolute Gasteiger partial charge is 0.393 e. The van der Waals surface area contributed by atoms with E-state index in [4.69, 9.17) is 0 Å². The molecule has 1 heterocycles. The van der Waals surface area contributed by atoms with Gasteiger partial charge >= 0.3 is 0 Å². The second-order valence-corrected chi connectivity index (χ2v) is 9.90. The summed E-state index contributed by atoms with van der Waals surface area (Å²) >= 11 is 0. The highest BCUT2D eigenvalue weighted by atomic mass is 16.3. The summed E-state index contributed by atoms with van der Waals surface area (Å²) in [5.74, 6) is 3.70. The Morgan fingerprint density at radius 2 is 1.83 bits per heavy atom. The van der Waals surface area contributed by atoms with Gasteiger partial charge in [0.2, 0.25) is 0 Å². The second kappa shape index (κ2) is 4.85. The number of aliphatic hydroxyl groups is 1. The number of fused-ring (bicyclic) bond motifs is 5. The van der Waals surface area contributed by atoms with Crippen LogP contribution in [0.25, 0.3) is 0 Å². The van der Waals surface area contributed by atoms with Gasteiger partial charge in [0.25, 0.3) is 0 Å². The molecule has 4 fully saturated rings. The maximum absolute atomic E-state index is 10.1. The van der Waals surface area contributed by atoms with Crippen LogP contribution in [-0.4, -0.2) is 23.8 Å². The fraction of sp³-hybridized carbons (Fsp3) is 0.905. The number of allylic oxidation sites excluding steroid dienone is 1. The summed E-state index contributed by atoms with van der Waals surface area (Å²) in [7, 11) is 0. The van der Waals surface area contributed by atoms with E-state index < -0.39 is 0 Å². The molecule has 1 aliphatic heterocycles. The van der Waals surface area contributed by atoms with Gasteiger partial charge < -0.3 is 10.4 Å². The lowest BCUT2D eigenvalue weighted by Gasteiger charge is -2.58. The van der Waals surface area contributed by atoms with Crippen LogP contribution in [0.3, 0.4) is 0 Å². The van der Waals surface area contributed by atoms with Gasteiger partial charge in [-0.3, -0.25) is 0 Å². The molecule has 4 aliphatic carbocycles. The molecule has 2 heteroatoms. The zero-order valence-electron chi connectivity index (χ0n) is 14.9. The van der Waals surface area contributed by atoms with E-state index in [9.17, 15) is 5.11 Å². The van der Waals surface area contributed by atoms with Crippen molar-refractivity contribution in [1.82, 2.24) is 5.32 Å². The first-order valence-corrected chi connectivity index (χ1v) is 10.1. The molecule has 3 saturated carbocycles. The molecule has 0 spiro atoms. The van der Waals surface area contributed by atoms with Crippen LogP contribution in [0.2, 0.25) is 0 Å². The minimum absolute atomic E-state index is 0.0727. The SMILES string of the molecule is C[C@]12CC[C@H]3[C@@H](CC=C4C[C@@H](O)CC[C@@]43C)[C@@H]1CC[C@@H]2[C@@H]1CN1. The van der Waals surface area contributed by atoms with Crippen molar-refractivity contribution < 1.29 is 5.11 Å². The molecule has 23 heavy (non-hydrogen) atoms. The van der Waals surface area contributed by atoms with E-state index in [0.717, 1.165) is 42.6 Å². The quantitative estimate of drug-likeness (QED) is 0.569. The Balaban J connectivity index is 1.46. The summed E-state index contributed by atoms with van der Waals surface area (Å²) in [5.41, 5.74) is 2.62. The zero-order valence-corrected chi connectivity index (χ0v) is 14.9. The second-order valence-electron chi connectivity index (χ2n) is 9.90. The lowest BCUT2D eigenvalue weighted by molar-refractivity contribution is -0.0497. The highest BCUT2D eigenvalue weighted by molar-refractivity contribution is 5.25. The first-order chi connectivity index (χ1) is 11.0. The van der Waals surface area contributed by atoms with E-state index in [1.165, 1.54) is 45.1 Å². The van der Waals surface area contributed by atoms with Crippen molar-refractivity contribution in [1.29, 1.82) is 0 Å². The molecule has 0 aromatic heterocycles. The molecule has 1 saturated heterocycles. The van der Waals surface area contributed by atoms with Gasteiger partial charge in [0, 0.05) is 12.6 Å². The summed E-state index contributed by atoms with van der Waals surface area (Å²) < 4.78 is 0. The van der Waals surface area contributed by atoms with Crippen molar-refractivity contribution in [3.05, 3.63) is 11.6 Å². The van der Waals surface area contributed by atoms with Crippen LogP contribution in [-0.2, 0) is 0 Å². The minimum atomic E-state index is -0.0727. The van der Waals surface area contributed by atoms with Gasteiger partial charge in [0.1, 0.15) is 0 Å².